The summed E-state index contributed by atoms with van der Waals surface area (Å²) >= 11 is 1.95. The van der Waals surface area contributed by atoms with E-state index in [9.17, 15) is 4.79 Å². The highest BCUT2D eigenvalue weighted by Crippen LogP contribution is 2.19. The van der Waals surface area contributed by atoms with E-state index in [2.05, 4.69) is 20.8 Å². The number of carbonyl (C=O) groups is 1. The zero-order chi connectivity index (χ0) is 27.8. The molecular formula is C35H70O2S. The Morgan fingerprint density at radius 3 is 1.18 bits per heavy atom. The van der Waals surface area contributed by atoms with Crippen molar-refractivity contribution in [3.05, 3.63) is 0 Å². The van der Waals surface area contributed by atoms with Crippen molar-refractivity contribution < 1.29 is 9.53 Å². The minimum absolute atomic E-state index is 0.00453. The maximum absolute atomic E-state index is 12.1. The van der Waals surface area contributed by atoms with E-state index in [0.29, 0.717) is 18.3 Å². The van der Waals surface area contributed by atoms with E-state index in [1.807, 2.05) is 11.8 Å². The Morgan fingerprint density at radius 2 is 0.816 bits per heavy atom. The van der Waals surface area contributed by atoms with E-state index >= 15 is 0 Å². The van der Waals surface area contributed by atoms with Crippen molar-refractivity contribution in [2.45, 2.75) is 206 Å². The Labute approximate surface area is 245 Å². The highest BCUT2D eigenvalue weighted by molar-refractivity contribution is 7.99. The van der Waals surface area contributed by atoms with Gasteiger partial charge in [0.1, 0.15) is 0 Å². The van der Waals surface area contributed by atoms with E-state index in [0.717, 1.165) is 6.42 Å². The molecule has 3 heteroatoms. The Bertz CT molecular complexity index is 453. The molecule has 1 atom stereocenters. The van der Waals surface area contributed by atoms with Gasteiger partial charge in [-0.2, -0.15) is 11.8 Å². The fourth-order valence-electron chi connectivity index (χ4n) is 5.24. The second-order valence-corrected chi connectivity index (χ2v) is 13.5. The van der Waals surface area contributed by atoms with E-state index in [1.54, 1.807) is 0 Å². The molecule has 0 amide bonds. The minimum Gasteiger partial charge on any atom is -0.466 e. The molecule has 0 rings (SSSR count). The SMILES string of the molecule is CCCCCCCCCCCCCCCCCCOC(=O)C[C@@H](C)SCCCCCCCCCCCCC. The second kappa shape index (κ2) is 33.0. The predicted molar refractivity (Wildman–Crippen MR) is 174 cm³/mol. The van der Waals surface area contributed by atoms with Crippen molar-refractivity contribution in [1.82, 2.24) is 0 Å². The van der Waals surface area contributed by atoms with Gasteiger partial charge in [-0.1, -0.05) is 181 Å². The highest BCUT2D eigenvalue weighted by atomic mass is 32.2. The number of thioether (sulfide) groups is 1. The maximum Gasteiger partial charge on any atom is 0.306 e. The number of hydrogen-bond acceptors (Lipinski definition) is 3. The maximum atomic E-state index is 12.1. The zero-order valence-corrected chi connectivity index (χ0v) is 27.3. The van der Waals surface area contributed by atoms with Crippen LogP contribution < -0.4 is 0 Å². The summed E-state index contributed by atoms with van der Waals surface area (Å²) in [5, 5.41) is 0.386. The van der Waals surface area contributed by atoms with Crippen LogP contribution in [0.5, 0.6) is 0 Å². The summed E-state index contributed by atoms with van der Waals surface area (Å²) in [5.74, 6) is 1.19. The van der Waals surface area contributed by atoms with Gasteiger partial charge in [0.25, 0.3) is 0 Å². The summed E-state index contributed by atoms with van der Waals surface area (Å²) in [7, 11) is 0. The van der Waals surface area contributed by atoms with Crippen molar-refractivity contribution >= 4 is 17.7 Å². The number of ether oxygens (including phenoxy) is 1. The molecule has 0 spiro atoms. The fourth-order valence-corrected chi connectivity index (χ4v) is 6.27. The first-order valence-corrected chi connectivity index (χ1v) is 18.5. The number of unbranched alkanes of at least 4 members (excludes halogenated alkanes) is 25. The molecule has 0 heterocycles. The molecule has 0 radical (unpaired) electrons. The molecule has 0 N–H and O–H groups in total. The van der Waals surface area contributed by atoms with E-state index in [1.165, 1.54) is 173 Å². The number of hydrogen-bond donors (Lipinski definition) is 0. The fraction of sp³-hybridized carbons (Fsp3) is 0.971. The molecule has 0 bridgehead atoms. The van der Waals surface area contributed by atoms with Crippen molar-refractivity contribution in [2.24, 2.45) is 0 Å². The summed E-state index contributed by atoms with van der Waals surface area (Å²) in [6.45, 7) is 7.37. The van der Waals surface area contributed by atoms with Crippen molar-refractivity contribution in [3.8, 4) is 0 Å². The highest BCUT2D eigenvalue weighted by Gasteiger charge is 2.10. The third-order valence-corrected chi connectivity index (χ3v) is 9.13. The average Bonchev–Trinajstić information content (AvgIpc) is 2.91. The van der Waals surface area contributed by atoms with Gasteiger partial charge >= 0.3 is 5.97 Å². The van der Waals surface area contributed by atoms with Crippen LogP contribution in [0.2, 0.25) is 0 Å². The van der Waals surface area contributed by atoms with Gasteiger partial charge in [-0.05, 0) is 18.6 Å². The molecule has 0 saturated heterocycles. The molecule has 0 aromatic heterocycles. The van der Waals surface area contributed by atoms with E-state index in [-0.39, 0.29) is 5.97 Å². The summed E-state index contributed by atoms with van der Waals surface area (Å²) in [6, 6.07) is 0. The monoisotopic (exact) mass is 555 g/mol. The second-order valence-electron chi connectivity index (χ2n) is 11.9. The molecule has 228 valence electrons. The first-order valence-electron chi connectivity index (χ1n) is 17.5. The molecule has 0 aromatic rings. The third-order valence-electron chi connectivity index (χ3n) is 7.87. The average molecular weight is 555 g/mol. The largest absolute Gasteiger partial charge is 0.466 e. The zero-order valence-electron chi connectivity index (χ0n) is 26.5. The molecule has 0 aliphatic heterocycles. The minimum atomic E-state index is 0.00453. The molecule has 0 aliphatic carbocycles. The molecule has 0 saturated carbocycles. The normalized spacial score (nSPS) is 12.2. The molecule has 2 nitrogen and oxygen atoms in total. The molecule has 0 aromatic carbocycles. The lowest BCUT2D eigenvalue weighted by molar-refractivity contribution is -0.143. The lowest BCUT2D eigenvalue weighted by atomic mass is 10.0. The Hall–Kier alpha value is -0.180. The molecule has 0 fully saturated rings. The third kappa shape index (κ3) is 32.0. The van der Waals surface area contributed by atoms with Crippen LogP contribution >= 0.6 is 11.8 Å². The van der Waals surface area contributed by atoms with Crippen LogP contribution in [0.4, 0.5) is 0 Å². The quantitative estimate of drug-likeness (QED) is 0.0611. The van der Waals surface area contributed by atoms with Crippen LogP contribution in [0.25, 0.3) is 0 Å². The Balaban J connectivity index is 3.26. The summed E-state index contributed by atoms with van der Waals surface area (Å²) in [5.41, 5.74) is 0. The lowest BCUT2D eigenvalue weighted by Gasteiger charge is -2.11. The van der Waals surface area contributed by atoms with Gasteiger partial charge in [0.05, 0.1) is 13.0 Å². The van der Waals surface area contributed by atoms with E-state index < -0.39 is 0 Å². The smallest absolute Gasteiger partial charge is 0.306 e. The van der Waals surface area contributed by atoms with Crippen molar-refractivity contribution in [3.63, 3.8) is 0 Å². The molecule has 38 heavy (non-hydrogen) atoms. The first-order chi connectivity index (χ1) is 18.7. The topological polar surface area (TPSA) is 26.3 Å². The van der Waals surface area contributed by atoms with Gasteiger partial charge in [-0.25, -0.2) is 0 Å². The van der Waals surface area contributed by atoms with Gasteiger partial charge in [0.15, 0.2) is 0 Å². The van der Waals surface area contributed by atoms with Gasteiger partial charge in [0, 0.05) is 5.25 Å². The van der Waals surface area contributed by atoms with Gasteiger partial charge in [0.2, 0.25) is 0 Å². The van der Waals surface area contributed by atoms with Crippen LogP contribution in [0.3, 0.4) is 0 Å². The van der Waals surface area contributed by atoms with Crippen molar-refractivity contribution in [2.75, 3.05) is 12.4 Å². The number of rotatable bonds is 32. The lowest BCUT2D eigenvalue weighted by Crippen LogP contribution is -2.12. The van der Waals surface area contributed by atoms with Crippen LogP contribution in [-0.4, -0.2) is 23.6 Å². The van der Waals surface area contributed by atoms with Crippen molar-refractivity contribution in [1.29, 1.82) is 0 Å². The molecular weight excluding hydrogens is 484 g/mol. The first kappa shape index (κ1) is 37.8. The Kier molecular flexibility index (Phi) is 32.9. The molecule has 0 unspecified atom stereocenters. The van der Waals surface area contributed by atoms with Gasteiger partial charge in [-0.3, -0.25) is 4.79 Å². The van der Waals surface area contributed by atoms with Crippen LogP contribution in [-0.2, 0) is 9.53 Å². The van der Waals surface area contributed by atoms with Gasteiger partial charge in [-0.15, -0.1) is 0 Å². The Morgan fingerprint density at radius 1 is 0.500 bits per heavy atom. The predicted octanol–water partition coefficient (Wildman–Crippen LogP) is 12.6. The number of esters is 1. The van der Waals surface area contributed by atoms with Crippen LogP contribution in [0.15, 0.2) is 0 Å². The standard InChI is InChI=1S/C35H70O2S/c1-4-6-8-10-12-14-16-17-18-19-20-21-23-25-27-29-31-37-35(36)33-34(3)38-32-30-28-26-24-22-15-13-11-9-7-5-2/h34H,4-33H2,1-3H3/t34-/m1/s1. The molecule has 0 aliphatic rings. The van der Waals surface area contributed by atoms with Crippen LogP contribution in [0.1, 0.15) is 201 Å². The van der Waals surface area contributed by atoms with Gasteiger partial charge < -0.3 is 4.74 Å². The summed E-state index contributed by atoms with van der Waals surface area (Å²) < 4.78 is 5.49. The van der Waals surface area contributed by atoms with E-state index in [4.69, 9.17) is 4.74 Å². The number of carbonyl (C=O) groups excluding carboxylic acids is 1. The summed E-state index contributed by atoms with van der Waals surface area (Å²) in [6.07, 6.45) is 37.8. The summed E-state index contributed by atoms with van der Waals surface area (Å²) in [4.78, 5) is 12.1. The van der Waals surface area contributed by atoms with Crippen LogP contribution in [0, 0.1) is 0 Å².